The molecular formula is C16H14FN3O. The molecule has 0 radical (unpaired) electrons. The quantitative estimate of drug-likeness (QED) is 0.801. The van der Waals surface area contributed by atoms with E-state index < -0.39 is 6.10 Å². The summed E-state index contributed by atoms with van der Waals surface area (Å²) in [5.41, 5.74) is 1.57. The summed E-state index contributed by atoms with van der Waals surface area (Å²) in [5, 5.41) is 14.5. The summed E-state index contributed by atoms with van der Waals surface area (Å²) < 4.78 is 14.4. The van der Waals surface area contributed by atoms with Gasteiger partial charge in [-0.05, 0) is 17.7 Å². The highest BCUT2D eigenvalue weighted by Crippen LogP contribution is 2.17. The van der Waals surface area contributed by atoms with E-state index in [0.717, 1.165) is 5.56 Å². The summed E-state index contributed by atoms with van der Waals surface area (Å²) in [6, 6.07) is 15.4. The van der Waals surface area contributed by atoms with Crippen molar-refractivity contribution in [3.8, 4) is 11.4 Å². The zero-order valence-electron chi connectivity index (χ0n) is 11.2. The van der Waals surface area contributed by atoms with E-state index in [0.29, 0.717) is 11.4 Å². The lowest BCUT2D eigenvalue weighted by Crippen LogP contribution is -2.09. The van der Waals surface area contributed by atoms with E-state index >= 15 is 0 Å². The third-order valence-corrected chi connectivity index (χ3v) is 3.18. The highest BCUT2D eigenvalue weighted by atomic mass is 19.1. The number of rotatable bonds is 4. The fourth-order valence-electron chi connectivity index (χ4n) is 2.07. The first-order valence-corrected chi connectivity index (χ1v) is 6.61. The summed E-state index contributed by atoms with van der Waals surface area (Å²) in [4.78, 5) is 4.23. The Bertz CT molecular complexity index is 710. The van der Waals surface area contributed by atoms with E-state index in [2.05, 4.69) is 10.1 Å². The van der Waals surface area contributed by atoms with Gasteiger partial charge in [-0.1, -0.05) is 42.5 Å². The standard InChI is InChI=1S/C16H14FN3O/c17-14-8-6-12(7-9-14)15(21)10-20-11-18-16(19-20)13-4-2-1-3-5-13/h1-9,11,15,21H,10H2. The number of aliphatic hydroxyl groups excluding tert-OH is 1. The van der Waals surface area contributed by atoms with Crippen LogP contribution in [0, 0.1) is 5.82 Å². The maximum absolute atomic E-state index is 12.9. The van der Waals surface area contributed by atoms with E-state index in [4.69, 9.17) is 0 Å². The Kier molecular flexibility index (Phi) is 3.75. The van der Waals surface area contributed by atoms with Crippen LogP contribution >= 0.6 is 0 Å². The largest absolute Gasteiger partial charge is 0.386 e. The van der Waals surface area contributed by atoms with Crippen molar-refractivity contribution in [3.63, 3.8) is 0 Å². The normalized spacial score (nSPS) is 12.3. The number of halogens is 1. The van der Waals surface area contributed by atoms with Crippen LogP contribution in [0.2, 0.25) is 0 Å². The Morgan fingerprint density at radius 2 is 1.76 bits per heavy atom. The van der Waals surface area contributed by atoms with Gasteiger partial charge in [-0.3, -0.25) is 0 Å². The van der Waals surface area contributed by atoms with Crippen LogP contribution in [0.1, 0.15) is 11.7 Å². The highest BCUT2D eigenvalue weighted by molar-refractivity contribution is 5.53. The summed E-state index contributed by atoms with van der Waals surface area (Å²) >= 11 is 0. The molecule has 1 unspecified atom stereocenters. The number of hydrogen-bond donors (Lipinski definition) is 1. The molecular weight excluding hydrogens is 269 g/mol. The van der Waals surface area contributed by atoms with Crippen LogP contribution in [0.3, 0.4) is 0 Å². The zero-order chi connectivity index (χ0) is 14.7. The molecule has 0 saturated heterocycles. The SMILES string of the molecule is OC(Cn1cnc(-c2ccccc2)n1)c1ccc(F)cc1. The molecule has 0 aliphatic carbocycles. The molecule has 0 aliphatic heterocycles. The molecule has 5 heteroatoms. The molecule has 0 amide bonds. The third-order valence-electron chi connectivity index (χ3n) is 3.18. The molecule has 0 fully saturated rings. The predicted octanol–water partition coefficient (Wildman–Crippen LogP) is 2.82. The van der Waals surface area contributed by atoms with Gasteiger partial charge >= 0.3 is 0 Å². The Balaban J connectivity index is 1.74. The van der Waals surface area contributed by atoms with Gasteiger partial charge in [0.1, 0.15) is 12.1 Å². The van der Waals surface area contributed by atoms with E-state index in [1.807, 2.05) is 30.3 Å². The zero-order valence-corrected chi connectivity index (χ0v) is 11.2. The molecule has 1 aromatic heterocycles. The molecule has 1 heterocycles. The second-order valence-electron chi connectivity index (χ2n) is 4.72. The highest BCUT2D eigenvalue weighted by Gasteiger charge is 2.10. The molecule has 1 N–H and O–H groups in total. The average molecular weight is 283 g/mol. The lowest BCUT2D eigenvalue weighted by Gasteiger charge is -2.10. The van der Waals surface area contributed by atoms with E-state index in [-0.39, 0.29) is 12.4 Å². The number of hydrogen-bond acceptors (Lipinski definition) is 3. The van der Waals surface area contributed by atoms with Gasteiger partial charge in [-0.15, -0.1) is 0 Å². The van der Waals surface area contributed by atoms with E-state index in [1.54, 1.807) is 23.1 Å². The molecule has 3 aromatic rings. The van der Waals surface area contributed by atoms with Crippen LogP contribution in [-0.2, 0) is 6.54 Å². The van der Waals surface area contributed by atoms with Crippen molar-refractivity contribution in [3.05, 3.63) is 72.3 Å². The Morgan fingerprint density at radius 1 is 1.05 bits per heavy atom. The monoisotopic (exact) mass is 283 g/mol. The molecule has 1 atom stereocenters. The van der Waals surface area contributed by atoms with Crippen LogP contribution in [0.15, 0.2) is 60.9 Å². The van der Waals surface area contributed by atoms with Gasteiger partial charge in [-0.25, -0.2) is 14.1 Å². The fraction of sp³-hybridized carbons (Fsp3) is 0.125. The second kappa shape index (κ2) is 5.85. The van der Waals surface area contributed by atoms with Crippen molar-refractivity contribution in [2.75, 3.05) is 0 Å². The molecule has 4 nitrogen and oxygen atoms in total. The number of nitrogens with zero attached hydrogens (tertiary/aromatic N) is 3. The lowest BCUT2D eigenvalue weighted by atomic mass is 10.1. The molecule has 0 saturated carbocycles. The number of aliphatic hydroxyl groups is 1. The smallest absolute Gasteiger partial charge is 0.181 e. The van der Waals surface area contributed by atoms with E-state index in [9.17, 15) is 9.50 Å². The van der Waals surface area contributed by atoms with Crippen molar-refractivity contribution < 1.29 is 9.50 Å². The summed E-state index contributed by atoms with van der Waals surface area (Å²) in [5.74, 6) is 0.292. The first-order chi connectivity index (χ1) is 10.2. The van der Waals surface area contributed by atoms with Gasteiger partial charge in [0, 0.05) is 5.56 Å². The molecule has 0 spiro atoms. The first-order valence-electron chi connectivity index (χ1n) is 6.61. The minimum atomic E-state index is -0.754. The maximum atomic E-state index is 12.9. The van der Waals surface area contributed by atoms with Gasteiger partial charge in [0.2, 0.25) is 0 Å². The van der Waals surface area contributed by atoms with Gasteiger partial charge in [0.15, 0.2) is 5.82 Å². The third kappa shape index (κ3) is 3.14. The van der Waals surface area contributed by atoms with Gasteiger partial charge < -0.3 is 5.11 Å². The first kappa shape index (κ1) is 13.5. The fourth-order valence-corrected chi connectivity index (χ4v) is 2.07. The van der Waals surface area contributed by atoms with E-state index in [1.165, 1.54) is 12.1 Å². The molecule has 3 rings (SSSR count). The minimum Gasteiger partial charge on any atom is -0.386 e. The van der Waals surface area contributed by atoms with Crippen molar-refractivity contribution in [1.29, 1.82) is 0 Å². The summed E-state index contributed by atoms with van der Waals surface area (Å²) in [6.45, 7) is 0.269. The van der Waals surface area contributed by atoms with Crippen LogP contribution in [-0.4, -0.2) is 19.9 Å². The van der Waals surface area contributed by atoms with Gasteiger partial charge in [0.05, 0.1) is 12.6 Å². The van der Waals surface area contributed by atoms with Gasteiger partial charge in [-0.2, -0.15) is 5.10 Å². The van der Waals surface area contributed by atoms with Crippen molar-refractivity contribution >= 4 is 0 Å². The van der Waals surface area contributed by atoms with Crippen molar-refractivity contribution in [2.24, 2.45) is 0 Å². The predicted molar refractivity (Wildman–Crippen MR) is 76.8 cm³/mol. The van der Waals surface area contributed by atoms with Crippen LogP contribution < -0.4 is 0 Å². The average Bonchev–Trinajstić information content (AvgIpc) is 2.97. The number of benzene rings is 2. The van der Waals surface area contributed by atoms with Crippen LogP contribution in [0.4, 0.5) is 4.39 Å². The van der Waals surface area contributed by atoms with Gasteiger partial charge in [0.25, 0.3) is 0 Å². The molecule has 21 heavy (non-hydrogen) atoms. The Labute approximate surface area is 121 Å². The summed E-state index contributed by atoms with van der Waals surface area (Å²) in [7, 11) is 0. The Hall–Kier alpha value is -2.53. The second-order valence-corrected chi connectivity index (χ2v) is 4.72. The van der Waals surface area contributed by atoms with Crippen LogP contribution in [0.5, 0.6) is 0 Å². The van der Waals surface area contributed by atoms with Crippen LogP contribution in [0.25, 0.3) is 11.4 Å². The summed E-state index contributed by atoms with van der Waals surface area (Å²) in [6.07, 6.45) is 0.825. The van der Waals surface area contributed by atoms with Crippen molar-refractivity contribution in [1.82, 2.24) is 14.8 Å². The molecule has 106 valence electrons. The molecule has 0 bridgehead atoms. The van der Waals surface area contributed by atoms with Crippen molar-refractivity contribution in [2.45, 2.75) is 12.6 Å². The number of aromatic nitrogens is 3. The maximum Gasteiger partial charge on any atom is 0.181 e. The Morgan fingerprint density at radius 3 is 2.48 bits per heavy atom. The lowest BCUT2D eigenvalue weighted by molar-refractivity contribution is 0.151. The topological polar surface area (TPSA) is 50.9 Å². The minimum absolute atomic E-state index is 0.269. The molecule has 0 aliphatic rings. The molecule has 2 aromatic carbocycles.